The van der Waals surface area contributed by atoms with Gasteiger partial charge in [0.25, 0.3) is 0 Å². The van der Waals surface area contributed by atoms with E-state index in [9.17, 15) is 13.3 Å². The van der Waals surface area contributed by atoms with Gasteiger partial charge in [-0.25, -0.2) is 8.78 Å². The minimum Gasteiger partial charge on any atom is -0.616 e. The van der Waals surface area contributed by atoms with Gasteiger partial charge in [-0.3, -0.25) is 9.98 Å². The number of benzene rings is 1. The summed E-state index contributed by atoms with van der Waals surface area (Å²) in [6.07, 6.45) is 2.36. The summed E-state index contributed by atoms with van der Waals surface area (Å²) in [4.78, 5) is 8.17. The second kappa shape index (κ2) is 8.11. The molecule has 0 saturated carbocycles. The normalized spacial score (nSPS) is 21.4. The van der Waals surface area contributed by atoms with Crippen LogP contribution in [0, 0.1) is 17.1 Å². The third-order valence-electron chi connectivity index (χ3n) is 4.66. The van der Waals surface area contributed by atoms with Crippen LogP contribution in [0.1, 0.15) is 42.3 Å². The Balaban J connectivity index is 1.97. The van der Waals surface area contributed by atoms with Gasteiger partial charge in [0.05, 0.1) is 10.6 Å². The molecule has 29 heavy (non-hydrogen) atoms. The van der Waals surface area contributed by atoms with Crippen molar-refractivity contribution in [3.8, 4) is 6.07 Å². The van der Waals surface area contributed by atoms with Gasteiger partial charge >= 0.3 is 0 Å². The number of nitrogens with zero attached hydrogens (tertiary/aromatic N) is 3. The Hall–Kier alpha value is -2.47. The molecule has 0 amide bonds. The molecule has 0 spiro atoms. The summed E-state index contributed by atoms with van der Waals surface area (Å²) in [5.74, 6) is -0.987. The number of aromatic nitrogens is 1. The molecule has 1 aliphatic rings. The maximum Gasteiger partial charge on any atom is 0.176 e. The van der Waals surface area contributed by atoms with Crippen molar-refractivity contribution in [3.63, 3.8) is 0 Å². The van der Waals surface area contributed by atoms with Gasteiger partial charge in [-0.2, -0.15) is 5.26 Å². The van der Waals surface area contributed by atoms with Gasteiger partial charge in [-0.15, -0.1) is 0 Å². The van der Waals surface area contributed by atoms with E-state index < -0.39 is 33.6 Å². The predicted octanol–water partition coefficient (Wildman–Crippen LogP) is 4.15. The molecule has 0 aliphatic carbocycles. The number of rotatable bonds is 3. The number of amidine groups is 1. The molecule has 3 rings (SSSR count). The minimum absolute atomic E-state index is 0.0117. The first-order valence-electron chi connectivity index (χ1n) is 8.58. The van der Waals surface area contributed by atoms with Gasteiger partial charge in [-0.05, 0) is 54.9 Å². The lowest BCUT2D eigenvalue weighted by molar-refractivity contribution is 0.550. The molecule has 0 saturated heterocycles. The summed E-state index contributed by atoms with van der Waals surface area (Å²) in [5, 5.41) is 8.83. The molecule has 0 radical (unpaired) electrons. The lowest BCUT2D eigenvalue weighted by Gasteiger charge is -2.34. The highest BCUT2D eigenvalue weighted by Gasteiger charge is 2.42. The van der Waals surface area contributed by atoms with E-state index in [-0.39, 0.29) is 33.4 Å². The van der Waals surface area contributed by atoms with E-state index in [4.69, 9.17) is 22.6 Å². The molecule has 9 heteroatoms. The zero-order chi connectivity index (χ0) is 21.3. The van der Waals surface area contributed by atoms with Crippen LogP contribution in [0.15, 0.2) is 35.5 Å². The van der Waals surface area contributed by atoms with Gasteiger partial charge in [0.15, 0.2) is 16.4 Å². The second-order valence-corrected chi connectivity index (χ2v) is 9.44. The van der Waals surface area contributed by atoms with Crippen LogP contribution in [0.4, 0.5) is 8.78 Å². The zero-order valence-electron chi connectivity index (χ0n) is 15.6. The molecule has 2 unspecified atom stereocenters. The van der Waals surface area contributed by atoms with Crippen molar-refractivity contribution in [2.24, 2.45) is 10.7 Å². The van der Waals surface area contributed by atoms with Crippen LogP contribution in [0.2, 0.25) is 5.02 Å². The topological polar surface area (TPSA) is 98.1 Å². The zero-order valence-corrected chi connectivity index (χ0v) is 17.2. The van der Waals surface area contributed by atoms with E-state index in [1.54, 1.807) is 13.8 Å². The molecule has 2 aromatic rings. The summed E-state index contributed by atoms with van der Waals surface area (Å²) >= 11 is 4.65. The third-order valence-corrected chi connectivity index (χ3v) is 6.91. The monoisotopic (exact) mass is 434 g/mol. The number of nitriles is 1. The van der Waals surface area contributed by atoms with Crippen LogP contribution in [-0.2, 0) is 11.2 Å². The van der Waals surface area contributed by atoms with E-state index >= 15 is 0 Å². The number of hydrogen-bond donors (Lipinski definition) is 1. The van der Waals surface area contributed by atoms with Crippen molar-refractivity contribution in [2.75, 3.05) is 5.75 Å². The van der Waals surface area contributed by atoms with Gasteiger partial charge in [0.2, 0.25) is 0 Å². The van der Waals surface area contributed by atoms with Crippen molar-refractivity contribution in [2.45, 2.75) is 24.6 Å². The number of hydrogen-bond acceptors (Lipinski definition) is 5. The van der Waals surface area contributed by atoms with Gasteiger partial charge in [0, 0.05) is 11.8 Å². The molecule has 1 aliphatic heterocycles. The maximum atomic E-state index is 14.7. The Morgan fingerprint density at radius 1 is 1.45 bits per heavy atom. The molecular weight excluding hydrogens is 418 g/mol. The molecular formula is C20H17ClF2N4OS. The Morgan fingerprint density at radius 2 is 2.17 bits per heavy atom. The lowest BCUT2D eigenvalue weighted by atomic mass is 10.0. The molecule has 0 bridgehead atoms. The highest BCUT2D eigenvalue weighted by molar-refractivity contribution is 7.93. The summed E-state index contributed by atoms with van der Waals surface area (Å²) in [5.41, 5.74) is 6.54. The van der Waals surface area contributed by atoms with Crippen molar-refractivity contribution >= 4 is 40.5 Å². The van der Waals surface area contributed by atoms with Gasteiger partial charge < -0.3 is 10.3 Å². The van der Waals surface area contributed by atoms with Crippen LogP contribution in [0.5, 0.6) is 0 Å². The number of halogens is 3. The van der Waals surface area contributed by atoms with E-state index in [1.165, 1.54) is 30.5 Å². The first-order chi connectivity index (χ1) is 13.6. The van der Waals surface area contributed by atoms with Gasteiger partial charge in [0.1, 0.15) is 29.4 Å². The van der Waals surface area contributed by atoms with Gasteiger partial charge in [-0.1, -0.05) is 17.7 Å². The first kappa shape index (κ1) is 21.2. The fraction of sp³-hybridized carbons (Fsp3) is 0.250. The average Bonchev–Trinajstić information content (AvgIpc) is 2.67. The molecule has 1 aromatic heterocycles. The third kappa shape index (κ3) is 4.27. The molecule has 1 aromatic carbocycles. The number of aliphatic imine (C=N–C) groups is 1. The highest BCUT2D eigenvalue weighted by atomic mass is 35.5. The molecule has 150 valence electrons. The number of nitrogens with two attached hydrogens (primary N) is 1. The van der Waals surface area contributed by atoms with E-state index in [0.717, 1.165) is 6.08 Å². The van der Waals surface area contributed by atoms with Crippen LogP contribution >= 0.6 is 11.6 Å². The van der Waals surface area contributed by atoms with E-state index in [0.29, 0.717) is 5.56 Å². The van der Waals surface area contributed by atoms with Crippen LogP contribution in [0.25, 0.3) is 11.9 Å². The first-order valence-corrected chi connectivity index (χ1v) is 10.3. The Labute approximate surface area is 175 Å². The molecule has 2 heterocycles. The fourth-order valence-electron chi connectivity index (χ4n) is 2.79. The summed E-state index contributed by atoms with van der Waals surface area (Å²) < 4.78 is 40.8. The Kier molecular flexibility index (Phi) is 5.94. The summed E-state index contributed by atoms with van der Waals surface area (Å²) in [6.45, 7) is 3.44. The van der Waals surface area contributed by atoms with Crippen molar-refractivity contribution in [1.82, 2.24) is 4.98 Å². The standard InChI is InChI=1S/C20H17ClF2N4OS/c1-20(2)19(25)27-17(10-29(20)28)13-5-11(3-4-15(13)22)7-16(23)18-14(21)6-12(8-24)9-26-18/h3-7,9,17H,10H2,1-2H3,(H2,25,27)/b16-7-. The smallest absolute Gasteiger partial charge is 0.176 e. The van der Waals surface area contributed by atoms with Crippen molar-refractivity contribution in [3.05, 3.63) is 63.7 Å². The minimum atomic E-state index is -1.34. The predicted molar refractivity (Wildman–Crippen MR) is 111 cm³/mol. The quantitative estimate of drug-likeness (QED) is 0.733. The van der Waals surface area contributed by atoms with Crippen molar-refractivity contribution < 1.29 is 13.3 Å². The molecule has 2 atom stereocenters. The van der Waals surface area contributed by atoms with Crippen molar-refractivity contribution in [1.29, 1.82) is 5.26 Å². The number of pyridine rings is 1. The summed E-state index contributed by atoms with van der Waals surface area (Å²) in [7, 11) is 0. The molecule has 2 N–H and O–H groups in total. The van der Waals surface area contributed by atoms with Crippen LogP contribution < -0.4 is 5.73 Å². The maximum absolute atomic E-state index is 14.7. The second-order valence-electron chi connectivity index (χ2n) is 6.99. The molecule has 0 fully saturated rings. The van der Waals surface area contributed by atoms with Crippen LogP contribution in [-0.4, -0.2) is 25.9 Å². The average molecular weight is 435 g/mol. The highest BCUT2D eigenvalue weighted by Crippen LogP contribution is 2.34. The fourth-order valence-corrected chi connectivity index (χ4v) is 4.29. The Morgan fingerprint density at radius 3 is 2.79 bits per heavy atom. The Bertz CT molecular complexity index is 1060. The van der Waals surface area contributed by atoms with Crippen LogP contribution in [0.3, 0.4) is 0 Å². The van der Waals surface area contributed by atoms with E-state index in [2.05, 4.69) is 9.98 Å². The summed E-state index contributed by atoms with van der Waals surface area (Å²) in [6, 6.07) is 6.47. The largest absolute Gasteiger partial charge is 0.616 e. The molecule has 5 nitrogen and oxygen atoms in total. The lowest BCUT2D eigenvalue weighted by Crippen LogP contribution is -2.50. The SMILES string of the molecule is CC1(C)C(N)=NC(c2cc(/C=C(\F)c3ncc(C#N)cc3Cl)ccc2F)C[S+]1[O-]. The van der Waals surface area contributed by atoms with E-state index in [1.807, 2.05) is 6.07 Å².